The van der Waals surface area contributed by atoms with E-state index in [1.165, 1.54) is 19.4 Å². The first kappa shape index (κ1) is 30.3. The molecule has 184 valence electrons. The van der Waals surface area contributed by atoms with Crippen LogP contribution < -0.4 is 18.9 Å². The van der Waals surface area contributed by atoms with Crippen molar-refractivity contribution in [3.63, 3.8) is 0 Å². The number of benzene rings is 2. The zero-order valence-electron chi connectivity index (χ0n) is 21.6. The highest BCUT2D eigenvalue weighted by atomic mass is 31.2. The van der Waals surface area contributed by atoms with Crippen molar-refractivity contribution in [1.82, 2.24) is 0 Å². The van der Waals surface area contributed by atoms with E-state index in [0.29, 0.717) is 6.16 Å². The maximum atomic E-state index is 11.7. The first-order chi connectivity index (χ1) is 15.3. The lowest BCUT2D eigenvalue weighted by Crippen LogP contribution is -1.92. The Morgan fingerprint density at radius 3 is 1.33 bits per heavy atom. The number of rotatable bonds is 7. The fourth-order valence-corrected chi connectivity index (χ4v) is 3.71. The molecule has 2 rings (SSSR count). The van der Waals surface area contributed by atoms with Crippen LogP contribution in [0.3, 0.4) is 0 Å². The van der Waals surface area contributed by atoms with Gasteiger partial charge in [0, 0.05) is 18.3 Å². The highest BCUT2D eigenvalue weighted by Crippen LogP contribution is 2.41. The summed E-state index contributed by atoms with van der Waals surface area (Å²) in [6.45, 7) is 10.7. The van der Waals surface area contributed by atoms with Crippen molar-refractivity contribution in [3.05, 3.63) is 53.1 Å². The Morgan fingerprint density at radius 1 is 0.727 bits per heavy atom. The Labute approximate surface area is 199 Å². The van der Waals surface area contributed by atoms with E-state index in [1.54, 1.807) is 47.8 Å². The first-order valence-corrected chi connectivity index (χ1v) is 13.2. The normalized spacial score (nSPS) is 9.88. The molecule has 0 aliphatic carbocycles. The molecule has 2 aromatic rings. The van der Waals surface area contributed by atoms with Gasteiger partial charge in [0.25, 0.3) is 0 Å². The number of hydrogen-bond donors (Lipinski definition) is 0. The summed E-state index contributed by atoms with van der Waals surface area (Å²) in [6, 6.07) is 11.4. The van der Waals surface area contributed by atoms with Crippen LogP contribution in [0.15, 0.2) is 42.0 Å². The summed E-state index contributed by atoms with van der Waals surface area (Å²) in [4.78, 5) is 9.44. The Kier molecular flexibility index (Phi) is 13.9. The van der Waals surface area contributed by atoms with Gasteiger partial charge in [-0.15, -0.1) is 0 Å². The molecule has 0 bridgehead atoms. The molecule has 6 nitrogen and oxygen atoms in total. The summed E-state index contributed by atoms with van der Waals surface area (Å²) >= 11 is 0. The quantitative estimate of drug-likeness (QED) is 0.420. The largest absolute Gasteiger partial charge is 0.497 e. The second-order valence-corrected chi connectivity index (χ2v) is 11.7. The van der Waals surface area contributed by atoms with Gasteiger partial charge in [-0.25, -0.2) is 0 Å². The Hall–Kier alpha value is -2.72. The number of ether oxygens (including phenoxy) is 4. The van der Waals surface area contributed by atoms with Gasteiger partial charge in [-0.05, 0) is 76.4 Å². The third kappa shape index (κ3) is 14.9. The van der Waals surface area contributed by atoms with Gasteiger partial charge in [0.2, 0.25) is 0 Å². The van der Waals surface area contributed by atoms with Crippen molar-refractivity contribution < 1.29 is 28.3 Å². The molecule has 0 saturated heterocycles. The fraction of sp³-hybridized carbons (Fsp3) is 0.423. The molecule has 2 aromatic carbocycles. The van der Waals surface area contributed by atoms with Crippen LogP contribution in [0.4, 0.5) is 0 Å². The average molecular weight is 479 g/mol. The maximum Gasteiger partial charge on any atom is 0.126 e. The number of methoxy groups -OCH3 is 4. The van der Waals surface area contributed by atoms with Crippen molar-refractivity contribution in [1.29, 1.82) is 0 Å². The van der Waals surface area contributed by atoms with Crippen LogP contribution in [0.25, 0.3) is 6.08 Å². The molecule has 0 atom stereocenters. The van der Waals surface area contributed by atoms with Crippen LogP contribution in [0, 0.1) is 0 Å². The molecule has 0 unspecified atom stereocenters. The Morgan fingerprint density at radius 2 is 1.06 bits per heavy atom. The van der Waals surface area contributed by atoms with Crippen LogP contribution in [-0.2, 0) is 15.5 Å². The number of carbonyl (C=O) groups is 1. The summed E-state index contributed by atoms with van der Waals surface area (Å²) in [7, 11) is 4.46. The average Bonchev–Trinajstić information content (AvgIpc) is 2.71. The van der Waals surface area contributed by atoms with E-state index in [2.05, 4.69) is 19.9 Å². The SMILES string of the molecule is CC(C)=O.COc1cc(C=C(C)C)cc(OC)c1.COc1cc(CP(C)(C)=O)cc(OC)c1. The summed E-state index contributed by atoms with van der Waals surface area (Å²) in [5, 5.41) is 0. The smallest absolute Gasteiger partial charge is 0.126 e. The maximum absolute atomic E-state index is 11.7. The van der Waals surface area contributed by atoms with E-state index in [1.807, 2.05) is 30.3 Å². The predicted octanol–water partition coefficient (Wildman–Crippen LogP) is 6.55. The minimum atomic E-state index is -2.06. The zero-order chi connectivity index (χ0) is 25.6. The highest BCUT2D eigenvalue weighted by molar-refractivity contribution is 7.61. The topological polar surface area (TPSA) is 71.1 Å². The molecular weight excluding hydrogens is 439 g/mol. The number of hydrogen-bond acceptors (Lipinski definition) is 6. The van der Waals surface area contributed by atoms with E-state index < -0.39 is 7.14 Å². The molecule has 0 spiro atoms. The Bertz CT molecular complexity index is 907. The molecule has 0 fully saturated rings. The van der Waals surface area contributed by atoms with Crippen molar-refractivity contribution in [2.75, 3.05) is 41.8 Å². The van der Waals surface area contributed by atoms with Crippen LogP contribution in [0.5, 0.6) is 23.0 Å². The molecule has 33 heavy (non-hydrogen) atoms. The molecule has 0 aromatic heterocycles. The van der Waals surface area contributed by atoms with Gasteiger partial charge in [0.15, 0.2) is 0 Å². The molecule has 0 amide bonds. The van der Waals surface area contributed by atoms with Crippen LogP contribution in [0.1, 0.15) is 38.8 Å². The molecule has 0 aliphatic rings. The number of carbonyl (C=O) groups excluding carboxylic acids is 1. The van der Waals surface area contributed by atoms with Crippen LogP contribution in [-0.4, -0.2) is 47.6 Å². The lowest BCUT2D eigenvalue weighted by atomic mass is 10.1. The predicted molar refractivity (Wildman–Crippen MR) is 138 cm³/mol. The van der Waals surface area contributed by atoms with Gasteiger partial charge in [0.1, 0.15) is 28.8 Å². The monoisotopic (exact) mass is 478 g/mol. The minimum Gasteiger partial charge on any atom is -0.497 e. The number of ketones is 1. The van der Waals surface area contributed by atoms with Gasteiger partial charge < -0.3 is 28.3 Å². The molecule has 0 aliphatic heterocycles. The van der Waals surface area contributed by atoms with Crippen molar-refractivity contribution in [3.8, 4) is 23.0 Å². The van der Waals surface area contributed by atoms with Gasteiger partial charge in [-0.3, -0.25) is 0 Å². The second-order valence-electron chi connectivity index (χ2n) is 8.23. The lowest BCUT2D eigenvalue weighted by Gasteiger charge is -2.10. The van der Waals surface area contributed by atoms with Gasteiger partial charge in [-0.1, -0.05) is 11.6 Å². The van der Waals surface area contributed by atoms with E-state index in [4.69, 9.17) is 18.9 Å². The first-order valence-electron chi connectivity index (χ1n) is 10.4. The van der Waals surface area contributed by atoms with Crippen molar-refractivity contribution >= 4 is 19.0 Å². The molecule has 0 saturated carbocycles. The summed E-state index contributed by atoms with van der Waals surface area (Å²) in [5.41, 5.74) is 3.33. The molecule has 0 heterocycles. The Balaban J connectivity index is 0.000000536. The van der Waals surface area contributed by atoms with E-state index in [0.717, 1.165) is 34.1 Å². The fourth-order valence-electron chi connectivity index (χ4n) is 2.64. The van der Waals surface area contributed by atoms with Crippen LogP contribution >= 0.6 is 7.14 Å². The number of allylic oxidation sites excluding steroid dienone is 1. The van der Waals surface area contributed by atoms with E-state index in [9.17, 15) is 9.36 Å². The molecular formula is C26H39O6P. The van der Waals surface area contributed by atoms with E-state index >= 15 is 0 Å². The summed E-state index contributed by atoms with van der Waals surface area (Å²) < 4.78 is 32.3. The van der Waals surface area contributed by atoms with Crippen molar-refractivity contribution in [2.24, 2.45) is 0 Å². The third-order valence-corrected chi connectivity index (χ3v) is 4.93. The molecule has 0 N–H and O–H groups in total. The van der Waals surface area contributed by atoms with Gasteiger partial charge in [-0.2, -0.15) is 0 Å². The van der Waals surface area contributed by atoms with Crippen molar-refractivity contribution in [2.45, 2.75) is 33.9 Å². The highest BCUT2D eigenvalue weighted by Gasteiger charge is 2.10. The third-order valence-electron chi connectivity index (χ3n) is 3.80. The number of Topliss-reactive ketones (excluding diaryl/α,β-unsaturated/α-hetero) is 1. The van der Waals surface area contributed by atoms with E-state index in [-0.39, 0.29) is 5.78 Å². The lowest BCUT2D eigenvalue weighted by molar-refractivity contribution is -0.115. The molecule has 0 radical (unpaired) electrons. The summed E-state index contributed by atoms with van der Waals surface area (Å²) in [6.07, 6.45) is 2.66. The second kappa shape index (κ2) is 15.2. The zero-order valence-corrected chi connectivity index (χ0v) is 22.5. The summed E-state index contributed by atoms with van der Waals surface area (Å²) in [5.74, 6) is 3.27. The minimum absolute atomic E-state index is 0.167. The standard InChI is InChI=1S/C12H16O2.C11H17O3P.C3H6O/c1-9(2)5-10-6-11(13-3)8-12(7-10)14-4;1-13-10-5-9(8-15(3,4)12)6-11(7-10)14-2;1-3(2)4/h5-8H,1-4H3;5-7H,8H2,1-4H3;1-2H3. The van der Waals surface area contributed by atoms with Crippen LogP contribution in [0.2, 0.25) is 0 Å². The van der Waals surface area contributed by atoms with Gasteiger partial charge in [0.05, 0.1) is 35.6 Å². The van der Waals surface area contributed by atoms with Gasteiger partial charge >= 0.3 is 0 Å². The molecule has 7 heteroatoms.